The maximum absolute atomic E-state index is 11.9. The molecule has 1 N–H and O–H groups in total. The number of halogens is 3. The van der Waals surface area contributed by atoms with E-state index in [0.717, 1.165) is 16.9 Å². The molecule has 0 aliphatic carbocycles. The van der Waals surface area contributed by atoms with E-state index in [1.165, 1.54) is 0 Å². The number of amides is 1. The lowest BCUT2D eigenvalue weighted by atomic mass is 10.1. The molecule has 0 aliphatic heterocycles. The fourth-order valence-electron chi connectivity index (χ4n) is 1.86. The van der Waals surface area contributed by atoms with Crippen LogP contribution in [0.2, 0.25) is 0 Å². The number of carbonyl (C=O) groups is 1. The number of nitrogens with one attached hydrogen (secondary N) is 1. The Morgan fingerprint density at radius 1 is 1.30 bits per heavy atom. The fourth-order valence-corrected chi connectivity index (χ4v) is 1.86. The van der Waals surface area contributed by atoms with E-state index in [0.29, 0.717) is 0 Å². The summed E-state index contributed by atoms with van der Waals surface area (Å²) in [5.41, 5.74) is 2.04. The largest absolute Gasteiger partial charge is 0.493 e. The van der Waals surface area contributed by atoms with E-state index in [4.69, 9.17) is 4.74 Å². The third kappa shape index (κ3) is 8.44. The van der Waals surface area contributed by atoms with Gasteiger partial charge in [-0.1, -0.05) is 12.1 Å². The van der Waals surface area contributed by atoms with Crippen molar-refractivity contribution >= 4 is 5.91 Å². The molecule has 0 aromatic heterocycles. The molecule has 0 saturated carbocycles. The van der Waals surface area contributed by atoms with Crippen molar-refractivity contribution in [3.05, 3.63) is 29.3 Å². The topological polar surface area (TPSA) is 47.6 Å². The van der Waals surface area contributed by atoms with Crippen LogP contribution in [0.3, 0.4) is 0 Å². The molecule has 1 aromatic rings. The highest BCUT2D eigenvalue weighted by Gasteiger charge is 2.27. The molecule has 1 atom stereocenters. The van der Waals surface area contributed by atoms with Crippen LogP contribution in [0.4, 0.5) is 13.2 Å². The molecule has 1 aromatic carbocycles. The minimum atomic E-state index is -4.36. The first-order valence-electron chi connectivity index (χ1n) is 7.31. The van der Waals surface area contributed by atoms with E-state index in [-0.39, 0.29) is 25.5 Å². The smallest absolute Gasteiger partial charge is 0.411 e. The van der Waals surface area contributed by atoms with Gasteiger partial charge in [-0.05, 0) is 38.0 Å². The number of alkyl halides is 3. The second-order valence-corrected chi connectivity index (χ2v) is 5.47. The molecule has 0 aliphatic rings. The Labute approximate surface area is 134 Å². The first kappa shape index (κ1) is 19.3. The number of hydrogen-bond donors (Lipinski definition) is 1. The quantitative estimate of drug-likeness (QED) is 0.795. The van der Waals surface area contributed by atoms with Crippen molar-refractivity contribution in [2.75, 3.05) is 19.8 Å². The van der Waals surface area contributed by atoms with Crippen molar-refractivity contribution in [3.63, 3.8) is 0 Å². The van der Waals surface area contributed by atoms with Crippen LogP contribution in [0.25, 0.3) is 0 Å². The predicted octanol–water partition coefficient (Wildman–Crippen LogP) is 3.16. The monoisotopic (exact) mass is 333 g/mol. The molecule has 4 nitrogen and oxygen atoms in total. The van der Waals surface area contributed by atoms with E-state index in [1.807, 2.05) is 32.0 Å². The van der Waals surface area contributed by atoms with Gasteiger partial charge in [-0.3, -0.25) is 4.79 Å². The lowest BCUT2D eigenvalue weighted by Crippen LogP contribution is -2.37. The molecule has 0 saturated heterocycles. The van der Waals surface area contributed by atoms with Gasteiger partial charge in [0.05, 0.1) is 19.6 Å². The zero-order valence-electron chi connectivity index (χ0n) is 13.5. The third-order valence-corrected chi connectivity index (χ3v) is 2.97. The van der Waals surface area contributed by atoms with Crippen LogP contribution in [0.15, 0.2) is 18.2 Å². The van der Waals surface area contributed by atoms with Crippen molar-refractivity contribution in [2.45, 2.75) is 39.4 Å². The fraction of sp³-hybridized carbons (Fsp3) is 0.562. The Morgan fingerprint density at radius 3 is 2.65 bits per heavy atom. The van der Waals surface area contributed by atoms with Gasteiger partial charge in [0, 0.05) is 6.04 Å². The molecule has 23 heavy (non-hydrogen) atoms. The van der Waals surface area contributed by atoms with Gasteiger partial charge in [0.1, 0.15) is 12.4 Å². The van der Waals surface area contributed by atoms with Crippen LogP contribution in [-0.4, -0.2) is 37.9 Å². The summed E-state index contributed by atoms with van der Waals surface area (Å²) in [6, 6.07) is 5.30. The van der Waals surface area contributed by atoms with Crippen LogP contribution in [0, 0.1) is 13.8 Å². The van der Waals surface area contributed by atoms with Gasteiger partial charge in [-0.25, -0.2) is 0 Å². The van der Waals surface area contributed by atoms with E-state index in [2.05, 4.69) is 10.1 Å². The molecular weight excluding hydrogens is 311 g/mol. The molecular formula is C16H22F3NO3. The van der Waals surface area contributed by atoms with Crippen LogP contribution < -0.4 is 10.1 Å². The number of carbonyl (C=O) groups excluding carboxylic acids is 1. The molecule has 1 amide bonds. The standard InChI is InChI=1S/C16H22F3NO3/c1-11-4-5-12(2)14(8-11)23-7-6-15(21)20-13(3)9-22-10-16(17,18)19/h4-5,8,13H,6-7,9-10H2,1-3H3,(H,20,21)/t13-/m1/s1. The summed E-state index contributed by atoms with van der Waals surface area (Å²) in [6.45, 7) is 4.13. The van der Waals surface area contributed by atoms with Gasteiger partial charge < -0.3 is 14.8 Å². The van der Waals surface area contributed by atoms with E-state index < -0.39 is 18.8 Å². The highest BCUT2D eigenvalue weighted by molar-refractivity contribution is 5.76. The van der Waals surface area contributed by atoms with Gasteiger partial charge in [0.25, 0.3) is 0 Å². The average Bonchev–Trinajstić information content (AvgIpc) is 2.41. The van der Waals surface area contributed by atoms with Crippen LogP contribution in [0.5, 0.6) is 5.75 Å². The summed E-state index contributed by atoms with van der Waals surface area (Å²) in [5, 5.41) is 2.57. The Balaban J connectivity index is 2.25. The zero-order chi connectivity index (χ0) is 17.5. The highest BCUT2D eigenvalue weighted by Crippen LogP contribution is 2.19. The Hall–Kier alpha value is -1.76. The normalized spacial score (nSPS) is 12.8. The minimum Gasteiger partial charge on any atom is -0.493 e. The van der Waals surface area contributed by atoms with Gasteiger partial charge in [-0.15, -0.1) is 0 Å². The molecule has 0 heterocycles. The first-order chi connectivity index (χ1) is 10.7. The molecule has 1 rings (SSSR count). The molecule has 0 fully saturated rings. The lowest BCUT2D eigenvalue weighted by molar-refractivity contribution is -0.175. The summed E-state index contributed by atoms with van der Waals surface area (Å²) in [4.78, 5) is 11.7. The number of hydrogen-bond acceptors (Lipinski definition) is 3. The first-order valence-corrected chi connectivity index (χ1v) is 7.31. The summed E-state index contributed by atoms with van der Waals surface area (Å²) in [7, 11) is 0. The van der Waals surface area contributed by atoms with Gasteiger partial charge in [0.2, 0.25) is 5.91 Å². The second-order valence-electron chi connectivity index (χ2n) is 5.47. The van der Waals surface area contributed by atoms with Crippen LogP contribution in [-0.2, 0) is 9.53 Å². The number of benzene rings is 1. The zero-order valence-corrected chi connectivity index (χ0v) is 13.5. The van der Waals surface area contributed by atoms with E-state index >= 15 is 0 Å². The number of ether oxygens (including phenoxy) is 2. The molecule has 0 unspecified atom stereocenters. The van der Waals surface area contributed by atoms with Crippen LogP contribution in [0.1, 0.15) is 24.5 Å². The van der Waals surface area contributed by atoms with Crippen molar-refractivity contribution in [3.8, 4) is 5.75 Å². The molecule has 130 valence electrons. The summed E-state index contributed by atoms with van der Waals surface area (Å²) in [5.74, 6) is 0.428. The van der Waals surface area contributed by atoms with E-state index in [9.17, 15) is 18.0 Å². The third-order valence-electron chi connectivity index (χ3n) is 2.97. The second kappa shape index (κ2) is 8.76. The minimum absolute atomic E-state index is 0.122. The Bertz CT molecular complexity index is 518. The summed E-state index contributed by atoms with van der Waals surface area (Å²) in [6.07, 6.45) is -4.24. The van der Waals surface area contributed by atoms with Crippen molar-refractivity contribution in [1.29, 1.82) is 0 Å². The highest BCUT2D eigenvalue weighted by atomic mass is 19.4. The SMILES string of the molecule is Cc1ccc(C)c(OCCC(=O)N[C@H](C)COCC(F)(F)F)c1. The van der Waals surface area contributed by atoms with Gasteiger partial charge in [0.15, 0.2) is 0 Å². The lowest BCUT2D eigenvalue weighted by Gasteiger charge is -2.15. The molecule has 0 spiro atoms. The molecule has 0 bridgehead atoms. The number of aryl methyl sites for hydroxylation is 2. The van der Waals surface area contributed by atoms with Crippen LogP contribution >= 0.6 is 0 Å². The van der Waals surface area contributed by atoms with Crippen molar-refractivity contribution < 1.29 is 27.4 Å². The molecule has 0 radical (unpaired) electrons. The van der Waals surface area contributed by atoms with Crippen molar-refractivity contribution in [1.82, 2.24) is 5.32 Å². The molecule has 7 heteroatoms. The Morgan fingerprint density at radius 2 is 2.00 bits per heavy atom. The van der Waals surface area contributed by atoms with E-state index in [1.54, 1.807) is 6.92 Å². The maximum atomic E-state index is 11.9. The van der Waals surface area contributed by atoms with Gasteiger partial charge >= 0.3 is 6.18 Å². The maximum Gasteiger partial charge on any atom is 0.411 e. The summed E-state index contributed by atoms with van der Waals surface area (Å²) >= 11 is 0. The summed E-state index contributed by atoms with van der Waals surface area (Å²) < 4.78 is 45.8. The predicted molar refractivity (Wildman–Crippen MR) is 80.5 cm³/mol. The number of rotatable bonds is 8. The van der Waals surface area contributed by atoms with Gasteiger partial charge in [-0.2, -0.15) is 13.2 Å². The Kier molecular flexibility index (Phi) is 7.35. The van der Waals surface area contributed by atoms with Crippen molar-refractivity contribution in [2.24, 2.45) is 0 Å². The average molecular weight is 333 g/mol.